The van der Waals surface area contributed by atoms with E-state index in [1.165, 1.54) is 32.1 Å². The maximum atomic E-state index is 12.5. The van der Waals surface area contributed by atoms with Gasteiger partial charge >= 0.3 is 0 Å². The van der Waals surface area contributed by atoms with Gasteiger partial charge in [0.15, 0.2) is 0 Å². The lowest BCUT2D eigenvalue weighted by Gasteiger charge is -2.38. The van der Waals surface area contributed by atoms with Gasteiger partial charge in [0, 0.05) is 31.8 Å². The van der Waals surface area contributed by atoms with Crippen LogP contribution < -0.4 is 0 Å². The minimum atomic E-state index is 0.371. The molecule has 0 radical (unpaired) electrons. The lowest BCUT2D eigenvalue weighted by molar-refractivity contribution is -0.137. The Hall–Kier alpha value is -0.860. The molecule has 19 heavy (non-hydrogen) atoms. The van der Waals surface area contributed by atoms with Gasteiger partial charge in [-0.2, -0.15) is 0 Å². The highest BCUT2D eigenvalue weighted by Gasteiger charge is 2.37. The number of amides is 1. The average Bonchev–Trinajstić information content (AvgIpc) is 2.89. The minimum absolute atomic E-state index is 0.371. The molecule has 3 rings (SSSR count). The third-order valence-corrected chi connectivity index (χ3v) is 5.44. The summed E-state index contributed by atoms with van der Waals surface area (Å²) in [5.41, 5.74) is 0. The van der Waals surface area contributed by atoms with Crippen molar-refractivity contribution in [1.82, 2.24) is 4.90 Å². The van der Waals surface area contributed by atoms with E-state index < -0.39 is 0 Å². The monoisotopic (exact) mass is 263 g/mol. The molecule has 0 bridgehead atoms. The summed E-state index contributed by atoms with van der Waals surface area (Å²) in [5, 5.41) is 0. The highest BCUT2D eigenvalue weighted by molar-refractivity contribution is 5.80. The third kappa shape index (κ3) is 2.85. The van der Waals surface area contributed by atoms with Crippen molar-refractivity contribution in [3.63, 3.8) is 0 Å². The molecule has 3 fully saturated rings. The summed E-state index contributed by atoms with van der Waals surface area (Å²) in [4.78, 5) is 26.0. The number of rotatable bonds is 2. The van der Waals surface area contributed by atoms with E-state index in [0.29, 0.717) is 42.9 Å². The summed E-state index contributed by atoms with van der Waals surface area (Å²) in [6, 6.07) is 0.548. The van der Waals surface area contributed by atoms with Crippen molar-refractivity contribution >= 4 is 11.7 Å². The fraction of sp³-hybridized carbons (Fsp3) is 0.875. The Kier molecular flexibility index (Phi) is 3.90. The van der Waals surface area contributed by atoms with E-state index in [-0.39, 0.29) is 0 Å². The molecule has 1 saturated heterocycles. The number of nitrogens with zero attached hydrogens (tertiary/aromatic N) is 1. The number of carbonyl (C=O) groups is 2. The van der Waals surface area contributed by atoms with Crippen LogP contribution >= 0.6 is 0 Å². The fourth-order valence-corrected chi connectivity index (χ4v) is 4.33. The summed E-state index contributed by atoms with van der Waals surface area (Å²) < 4.78 is 0. The first-order chi connectivity index (χ1) is 9.24. The molecule has 2 saturated carbocycles. The van der Waals surface area contributed by atoms with Gasteiger partial charge in [-0.15, -0.1) is 0 Å². The molecular weight excluding hydrogens is 238 g/mol. The number of fused-ring (bicyclic) bond motifs is 1. The second-order valence-electron chi connectivity index (χ2n) is 6.67. The maximum Gasteiger partial charge on any atom is 0.223 e. The second-order valence-corrected chi connectivity index (χ2v) is 6.67. The van der Waals surface area contributed by atoms with Crippen LogP contribution in [0.1, 0.15) is 64.2 Å². The Morgan fingerprint density at radius 2 is 1.79 bits per heavy atom. The summed E-state index contributed by atoms with van der Waals surface area (Å²) in [7, 11) is 0. The highest BCUT2D eigenvalue weighted by atomic mass is 16.2. The summed E-state index contributed by atoms with van der Waals surface area (Å²) in [6.45, 7) is 0.978. The van der Waals surface area contributed by atoms with Gasteiger partial charge in [0.2, 0.25) is 5.91 Å². The molecule has 0 aromatic carbocycles. The SMILES string of the molecule is O=C1CCC(CC(=O)N2CCCC3CCCC32)CC1. The average molecular weight is 263 g/mol. The highest BCUT2D eigenvalue weighted by Crippen LogP contribution is 2.37. The van der Waals surface area contributed by atoms with Crippen molar-refractivity contribution in [3.05, 3.63) is 0 Å². The largest absolute Gasteiger partial charge is 0.339 e. The van der Waals surface area contributed by atoms with Gasteiger partial charge < -0.3 is 4.90 Å². The van der Waals surface area contributed by atoms with E-state index in [4.69, 9.17) is 0 Å². The molecule has 2 aliphatic carbocycles. The van der Waals surface area contributed by atoms with Gasteiger partial charge in [0.05, 0.1) is 0 Å². The van der Waals surface area contributed by atoms with Crippen molar-refractivity contribution in [2.45, 2.75) is 70.3 Å². The van der Waals surface area contributed by atoms with Gasteiger partial charge in [-0.1, -0.05) is 6.42 Å². The molecular formula is C16H25NO2. The maximum absolute atomic E-state index is 12.5. The molecule has 0 N–H and O–H groups in total. The van der Waals surface area contributed by atoms with Crippen LogP contribution in [0.25, 0.3) is 0 Å². The topological polar surface area (TPSA) is 37.4 Å². The zero-order valence-corrected chi connectivity index (χ0v) is 11.8. The molecule has 1 heterocycles. The van der Waals surface area contributed by atoms with Crippen LogP contribution in [0.15, 0.2) is 0 Å². The molecule has 3 heteroatoms. The zero-order chi connectivity index (χ0) is 13.2. The van der Waals surface area contributed by atoms with Crippen molar-refractivity contribution in [1.29, 1.82) is 0 Å². The van der Waals surface area contributed by atoms with E-state index in [9.17, 15) is 9.59 Å². The molecule has 1 amide bonds. The van der Waals surface area contributed by atoms with Gasteiger partial charge in [-0.3, -0.25) is 9.59 Å². The lowest BCUT2D eigenvalue weighted by Crippen LogP contribution is -2.46. The van der Waals surface area contributed by atoms with Gasteiger partial charge in [-0.25, -0.2) is 0 Å². The molecule has 3 aliphatic rings. The van der Waals surface area contributed by atoms with Crippen molar-refractivity contribution < 1.29 is 9.59 Å². The van der Waals surface area contributed by atoms with Gasteiger partial charge in [-0.05, 0) is 50.4 Å². The molecule has 0 spiro atoms. The molecule has 0 aromatic heterocycles. The van der Waals surface area contributed by atoms with Crippen LogP contribution in [-0.2, 0) is 9.59 Å². The van der Waals surface area contributed by atoms with Crippen LogP contribution in [0.3, 0.4) is 0 Å². The quantitative estimate of drug-likeness (QED) is 0.768. The first-order valence-electron chi connectivity index (χ1n) is 8.05. The Morgan fingerprint density at radius 1 is 1.05 bits per heavy atom. The fourth-order valence-electron chi connectivity index (χ4n) is 4.33. The number of ketones is 1. The first kappa shape index (κ1) is 13.1. The normalized spacial score (nSPS) is 32.4. The van der Waals surface area contributed by atoms with Crippen molar-refractivity contribution in [3.8, 4) is 0 Å². The molecule has 106 valence electrons. The molecule has 0 aromatic rings. The number of hydrogen-bond acceptors (Lipinski definition) is 2. The predicted molar refractivity (Wildman–Crippen MR) is 73.7 cm³/mol. The van der Waals surface area contributed by atoms with Crippen LogP contribution in [-0.4, -0.2) is 29.2 Å². The van der Waals surface area contributed by atoms with Gasteiger partial charge in [0.1, 0.15) is 5.78 Å². The van der Waals surface area contributed by atoms with E-state index in [0.717, 1.165) is 25.3 Å². The lowest BCUT2D eigenvalue weighted by atomic mass is 9.85. The zero-order valence-electron chi connectivity index (χ0n) is 11.8. The summed E-state index contributed by atoms with van der Waals surface area (Å²) in [6.07, 6.45) is 10.3. The van der Waals surface area contributed by atoms with E-state index in [1.54, 1.807) is 0 Å². The number of Topliss-reactive ketones (excluding diaryl/α,β-unsaturated/α-hetero) is 1. The molecule has 2 atom stereocenters. The Morgan fingerprint density at radius 3 is 2.58 bits per heavy atom. The molecule has 1 aliphatic heterocycles. The van der Waals surface area contributed by atoms with Crippen LogP contribution in [0, 0.1) is 11.8 Å². The number of likely N-dealkylation sites (tertiary alicyclic amines) is 1. The summed E-state index contributed by atoms with van der Waals surface area (Å²) >= 11 is 0. The first-order valence-corrected chi connectivity index (χ1v) is 8.05. The Labute approximate surface area is 115 Å². The third-order valence-electron chi connectivity index (χ3n) is 5.44. The smallest absolute Gasteiger partial charge is 0.223 e. The van der Waals surface area contributed by atoms with Crippen LogP contribution in [0.5, 0.6) is 0 Å². The number of piperidine rings is 1. The standard InChI is InChI=1S/C16H25NO2/c18-14-8-6-12(7-9-14)11-16(19)17-10-2-4-13-3-1-5-15(13)17/h12-13,15H,1-11H2. The van der Waals surface area contributed by atoms with Crippen molar-refractivity contribution in [2.24, 2.45) is 11.8 Å². The van der Waals surface area contributed by atoms with Crippen LogP contribution in [0.4, 0.5) is 0 Å². The Balaban J connectivity index is 1.56. The van der Waals surface area contributed by atoms with E-state index in [1.807, 2.05) is 0 Å². The van der Waals surface area contributed by atoms with E-state index in [2.05, 4.69) is 4.90 Å². The van der Waals surface area contributed by atoms with E-state index >= 15 is 0 Å². The van der Waals surface area contributed by atoms with Crippen molar-refractivity contribution in [2.75, 3.05) is 6.54 Å². The van der Waals surface area contributed by atoms with Gasteiger partial charge in [0.25, 0.3) is 0 Å². The molecule has 3 nitrogen and oxygen atoms in total. The predicted octanol–water partition coefficient (Wildman–Crippen LogP) is 2.93. The summed E-state index contributed by atoms with van der Waals surface area (Å²) in [5.74, 6) is 2.01. The van der Waals surface area contributed by atoms with Crippen LogP contribution in [0.2, 0.25) is 0 Å². The Bertz CT molecular complexity index is 356. The molecule has 2 unspecified atom stereocenters. The number of hydrogen-bond donors (Lipinski definition) is 0. The number of carbonyl (C=O) groups excluding carboxylic acids is 2. The minimum Gasteiger partial charge on any atom is -0.339 e. The second kappa shape index (κ2) is 5.64.